The smallest absolute Gasteiger partial charge is 0.398 e. The lowest BCUT2D eigenvalue weighted by molar-refractivity contribution is 0.00578. The molecule has 3 heterocycles. The molecule has 2 fully saturated rings. The van der Waals surface area contributed by atoms with Gasteiger partial charge in [-0.15, -0.1) is 0 Å². The first-order valence-electron chi connectivity index (χ1n) is 7.92. The summed E-state index contributed by atoms with van der Waals surface area (Å²) in [6.45, 7) is 10.4. The van der Waals surface area contributed by atoms with Crippen molar-refractivity contribution >= 4 is 12.7 Å². The van der Waals surface area contributed by atoms with E-state index in [-0.39, 0.29) is 18.3 Å². The van der Waals surface area contributed by atoms with Crippen molar-refractivity contribution in [2.24, 2.45) is 0 Å². The highest BCUT2D eigenvalue weighted by molar-refractivity contribution is 6.61. The van der Waals surface area contributed by atoms with E-state index < -0.39 is 0 Å². The average molecular weight is 288 g/mol. The number of aromatic nitrogens is 1. The van der Waals surface area contributed by atoms with E-state index in [0.717, 1.165) is 31.5 Å². The van der Waals surface area contributed by atoms with Crippen molar-refractivity contribution in [1.82, 2.24) is 10.3 Å². The predicted octanol–water partition coefficient (Wildman–Crippen LogP) is 1.85. The van der Waals surface area contributed by atoms with Gasteiger partial charge in [-0.2, -0.15) is 0 Å². The lowest BCUT2D eigenvalue weighted by atomic mass is 9.83. The molecule has 2 aliphatic heterocycles. The Balaban J connectivity index is 1.81. The SMILES string of the molecule is CC1(C)OB(c2cccc(C3CCNCC3)n2)OC1(C)C. The van der Waals surface area contributed by atoms with Gasteiger partial charge in [0.2, 0.25) is 0 Å². The van der Waals surface area contributed by atoms with Crippen molar-refractivity contribution in [3.05, 3.63) is 23.9 Å². The summed E-state index contributed by atoms with van der Waals surface area (Å²) in [6.07, 6.45) is 2.31. The normalized spacial score (nSPS) is 25.2. The van der Waals surface area contributed by atoms with Gasteiger partial charge in [0.05, 0.1) is 16.8 Å². The van der Waals surface area contributed by atoms with Crippen LogP contribution in [0.3, 0.4) is 0 Å². The molecule has 0 radical (unpaired) electrons. The Bertz CT molecular complexity index is 497. The third kappa shape index (κ3) is 2.87. The summed E-state index contributed by atoms with van der Waals surface area (Å²) < 4.78 is 12.2. The highest BCUT2D eigenvalue weighted by Crippen LogP contribution is 2.36. The first kappa shape index (κ1) is 15.0. The van der Waals surface area contributed by atoms with Crippen LogP contribution >= 0.6 is 0 Å². The van der Waals surface area contributed by atoms with Crippen LogP contribution in [-0.4, -0.2) is 36.4 Å². The standard InChI is InChI=1S/C16H25BN2O2/c1-15(2)16(3,4)21-17(20-15)14-7-5-6-13(19-14)12-8-10-18-11-9-12/h5-7,12,18H,8-11H2,1-4H3. The first-order chi connectivity index (χ1) is 9.89. The maximum absolute atomic E-state index is 6.10. The molecule has 21 heavy (non-hydrogen) atoms. The fourth-order valence-corrected chi connectivity index (χ4v) is 2.91. The number of pyridine rings is 1. The summed E-state index contributed by atoms with van der Waals surface area (Å²) in [7, 11) is -0.364. The third-order valence-corrected chi connectivity index (χ3v) is 5.04. The second-order valence-electron chi connectivity index (χ2n) is 7.10. The fraction of sp³-hybridized carbons (Fsp3) is 0.688. The van der Waals surface area contributed by atoms with Gasteiger partial charge in [-0.05, 0) is 65.8 Å². The van der Waals surface area contributed by atoms with Crippen LogP contribution in [-0.2, 0) is 9.31 Å². The molecule has 4 nitrogen and oxygen atoms in total. The van der Waals surface area contributed by atoms with Gasteiger partial charge in [-0.1, -0.05) is 6.07 Å². The minimum Gasteiger partial charge on any atom is -0.398 e. The molecule has 0 aliphatic carbocycles. The summed E-state index contributed by atoms with van der Waals surface area (Å²) in [5, 5.41) is 3.40. The lowest BCUT2D eigenvalue weighted by Crippen LogP contribution is -2.41. The Morgan fingerprint density at radius 3 is 2.33 bits per heavy atom. The van der Waals surface area contributed by atoms with Crippen LogP contribution in [0.2, 0.25) is 0 Å². The average Bonchev–Trinajstić information content (AvgIpc) is 2.69. The molecular formula is C16H25BN2O2. The van der Waals surface area contributed by atoms with Crippen LogP contribution in [0.4, 0.5) is 0 Å². The molecule has 1 aromatic heterocycles. The van der Waals surface area contributed by atoms with E-state index in [2.05, 4.69) is 45.1 Å². The van der Waals surface area contributed by atoms with Crippen molar-refractivity contribution in [2.45, 2.75) is 57.7 Å². The van der Waals surface area contributed by atoms with E-state index in [9.17, 15) is 0 Å². The highest BCUT2D eigenvalue weighted by atomic mass is 16.7. The number of nitrogens with one attached hydrogen (secondary N) is 1. The van der Waals surface area contributed by atoms with Crippen LogP contribution in [0.1, 0.15) is 52.1 Å². The van der Waals surface area contributed by atoms with Gasteiger partial charge >= 0.3 is 7.12 Å². The molecule has 114 valence electrons. The highest BCUT2D eigenvalue weighted by Gasteiger charge is 2.52. The second kappa shape index (κ2) is 5.38. The van der Waals surface area contributed by atoms with Gasteiger partial charge in [-0.3, -0.25) is 4.98 Å². The number of rotatable bonds is 2. The largest absolute Gasteiger partial charge is 0.514 e. The van der Waals surface area contributed by atoms with Crippen LogP contribution in [0.15, 0.2) is 18.2 Å². The summed E-state index contributed by atoms with van der Waals surface area (Å²) in [5.41, 5.74) is 1.43. The Hall–Kier alpha value is -0.905. The van der Waals surface area contributed by atoms with E-state index in [4.69, 9.17) is 14.3 Å². The molecule has 2 aliphatic rings. The van der Waals surface area contributed by atoms with Crippen LogP contribution in [0, 0.1) is 0 Å². The summed E-state index contributed by atoms with van der Waals surface area (Å²) >= 11 is 0. The lowest BCUT2D eigenvalue weighted by Gasteiger charge is -2.32. The van der Waals surface area contributed by atoms with Crippen molar-refractivity contribution in [3.63, 3.8) is 0 Å². The zero-order valence-electron chi connectivity index (χ0n) is 13.5. The maximum Gasteiger partial charge on any atom is 0.514 e. The van der Waals surface area contributed by atoms with Gasteiger partial charge in [0.1, 0.15) is 0 Å². The molecular weight excluding hydrogens is 263 g/mol. The van der Waals surface area contributed by atoms with E-state index in [1.54, 1.807) is 0 Å². The Morgan fingerprint density at radius 2 is 1.71 bits per heavy atom. The number of nitrogens with zero attached hydrogens (tertiary/aromatic N) is 1. The topological polar surface area (TPSA) is 43.4 Å². The molecule has 0 unspecified atom stereocenters. The quantitative estimate of drug-likeness (QED) is 0.843. The predicted molar refractivity (Wildman–Crippen MR) is 84.8 cm³/mol. The second-order valence-corrected chi connectivity index (χ2v) is 7.10. The molecule has 5 heteroatoms. The fourth-order valence-electron chi connectivity index (χ4n) is 2.91. The first-order valence-corrected chi connectivity index (χ1v) is 7.92. The number of piperidine rings is 1. The molecule has 1 aromatic rings. The molecule has 1 N–H and O–H groups in total. The molecule has 0 aromatic carbocycles. The van der Waals surface area contributed by atoms with Gasteiger partial charge < -0.3 is 14.6 Å². The van der Waals surface area contributed by atoms with Gasteiger partial charge in [-0.25, -0.2) is 0 Å². The molecule has 2 saturated heterocycles. The van der Waals surface area contributed by atoms with Crippen molar-refractivity contribution in [3.8, 4) is 0 Å². The van der Waals surface area contributed by atoms with Crippen LogP contribution < -0.4 is 10.9 Å². The molecule has 0 atom stereocenters. The van der Waals surface area contributed by atoms with Crippen LogP contribution in [0.25, 0.3) is 0 Å². The van der Waals surface area contributed by atoms with Crippen LogP contribution in [0.5, 0.6) is 0 Å². The van der Waals surface area contributed by atoms with Gasteiger partial charge in [0.15, 0.2) is 0 Å². The molecule has 3 rings (SSSR count). The van der Waals surface area contributed by atoms with Crippen molar-refractivity contribution in [1.29, 1.82) is 0 Å². The maximum atomic E-state index is 6.10. The van der Waals surface area contributed by atoms with E-state index in [1.807, 2.05) is 6.07 Å². The zero-order chi connectivity index (χ0) is 15.1. The number of hydrogen-bond acceptors (Lipinski definition) is 4. The minimum atomic E-state index is -0.364. The minimum absolute atomic E-state index is 0.315. The van der Waals surface area contributed by atoms with Gasteiger partial charge in [0.25, 0.3) is 0 Å². The molecule has 0 spiro atoms. The van der Waals surface area contributed by atoms with Crippen molar-refractivity contribution < 1.29 is 9.31 Å². The molecule has 0 amide bonds. The van der Waals surface area contributed by atoms with Gasteiger partial charge in [0, 0.05) is 11.6 Å². The summed E-state index contributed by atoms with van der Waals surface area (Å²) in [4.78, 5) is 4.83. The Labute approximate surface area is 127 Å². The van der Waals surface area contributed by atoms with Crippen molar-refractivity contribution in [2.75, 3.05) is 13.1 Å². The third-order valence-electron chi connectivity index (χ3n) is 5.04. The summed E-state index contributed by atoms with van der Waals surface area (Å²) in [6, 6.07) is 6.21. The van der Waals surface area contributed by atoms with E-state index in [0.29, 0.717) is 5.92 Å². The monoisotopic (exact) mass is 288 g/mol. The molecule has 0 saturated carbocycles. The van der Waals surface area contributed by atoms with E-state index in [1.165, 1.54) is 5.69 Å². The summed E-state index contributed by atoms with van der Waals surface area (Å²) in [5.74, 6) is 0.550. The molecule has 0 bridgehead atoms. The Morgan fingerprint density at radius 1 is 1.10 bits per heavy atom. The van der Waals surface area contributed by atoms with E-state index >= 15 is 0 Å². The Kier molecular flexibility index (Phi) is 3.84. The zero-order valence-corrected chi connectivity index (χ0v) is 13.5. The number of hydrogen-bond donors (Lipinski definition) is 1.